The first kappa shape index (κ1) is 14.1. The molecule has 0 atom stereocenters. The third kappa shape index (κ3) is 5.76. The summed E-state index contributed by atoms with van der Waals surface area (Å²) >= 11 is 0. The van der Waals surface area contributed by atoms with E-state index in [2.05, 4.69) is 4.72 Å². The van der Waals surface area contributed by atoms with Crippen LogP contribution in [0.2, 0.25) is 0 Å². The van der Waals surface area contributed by atoms with Crippen LogP contribution < -0.4 is 10.5 Å². The van der Waals surface area contributed by atoms with E-state index in [1.165, 1.54) is 12.1 Å². The first-order valence-electron chi connectivity index (χ1n) is 5.45. The molecule has 0 fully saturated rings. The fraction of sp³-hybridized carbons (Fsp3) is 0.455. The number of nitrogens with one attached hydrogen (secondary N) is 1. The van der Waals surface area contributed by atoms with E-state index in [4.69, 9.17) is 5.73 Å². The first-order chi connectivity index (χ1) is 8.03. The molecule has 0 aliphatic rings. The topological polar surface area (TPSA) is 72.2 Å². The van der Waals surface area contributed by atoms with Gasteiger partial charge in [0, 0.05) is 6.54 Å². The van der Waals surface area contributed by atoms with Crippen LogP contribution in [0.15, 0.2) is 24.3 Å². The van der Waals surface area contributed by atoms with E-state index >= 15 is 0 Å². The monoisotopic (exact) mass is 260 g/mol. The second-order valence-corrected chi connectivity index (χ2v) is 5.66. The van der Waals surface area contributed by atoms with Crippen LogP contribution in [0, 0.1) is 5.82 Å². The lowest BCUT2D eigenvalue weighted by Crippen LogP contribution is -2.29. The molecule has 0 saturated carbocycles. The molecule has 1 aromatic carbocycles. The molecule has 3 N–H and O–H groups in total. The largest absolute Gasteiger partial charge is 0.330 e. The Bertz CT molecular complexity index is 449. The minimum absolute atomic E-state index is 0.0344. The maximum Gasteiger partial charge on any atom is 0.211 e. The maximum atomic E-state index is 12.8. The average Bonchev–Trinajstić information content (AvgIpc) is 2.26. The molecule has 96 valence electrons. The first-order valence-corrected chi connectivity index (χ1v) is 7.10. The summed E-state index contributed by atoms with van der Waals surface area (Å²) in [6, 6.07) is 6.12. The summed E-state index contributed by atoms with van der Waals surface area (Å²) < 4.78 is 38.1. The number of hydrogen-bond donors (Lipinski definition) is 2. The lowest BCUT2D eigenvalue weighted by Gasteiger charge is -2.06. The predicted octanol–water partition coefficient (Wildman–Crippen LogP) is 0.636. The molecule has 6 heteroatoms. The van der Waals surface area contributed by atoms with Gasteiger partial charge in [0.25, 0.3) is 0 Å². The van der Waals surface area contributed by atoms with Gasteiger partial charge in [0.15, 0.2) is 0 Å². The molecule has 0 spiro atoms. The molecule has 0 radical (unpaired) electrons. The van der Waals surface area contributed by atoms with Crippen LogP contribution in [0.4, 0.5) is 4.39 Å². The van der Waals surface area contributed by atoms with Crippen molar-refractivity contribution in [2.75, 3.05) is 18.8 Å². The lowest BCUT2D eigenvalue weighted by atomic mass is 10.1. The zero-order chi connectivity index (χ0) is 12.7. The summed E-state index contributed by atoms with van der Waals surface area (Å²) in [6.45, 7) is 0.626. The number of sulfonamides is 1. The molecule has 0 heterocycles. The van der Waals surface area contributed by atoms with Crippen LogP contribution in [-0.4, -0.2) is 27.3 Å². The summed E-state index contributed by atoms with van der Waals surface area (Å²) in [5, 5.41) is 0. The Labute approximate surface area is 101 Å². The smallest absolute Gasteiger partial charge is 0.211 e. The van der Waals surface area contributed by atoms with Gasteiger partial charge in [-0.1, -0.05) is 12.1 Å². The van der Waals surface area contributed by atoms with E-state index in [1.54, 1.807) is 12.1 Å². The highest BCUT2D eigenvalue weighted by molar-refractivity contribution is 7.89. The fourth-order valence-corrected chi connectivity index (χ4v) is 2.49. The number of hydrogen-bond acceptors (Lipinski definition) is 3. The Morgan fingerprint density at radius 1 is 1.35 bits per heavy atom. The van der Waals surface area contributed by atoms with E-state index in [9.17, 15) is 12.8 Å². The van der Waals surface area contributed by atoms with Crippen LogP contribution >= 0.6 is 0 Å². The quantitative estimate of drug-likeness (QED) is 0.755. The minimum atomic E-state index is -3.25. The zero-order valence-electron chi connectivity index (χ0n) is 9.52. The third-order valence-corrected chi connectivity index (χ3v) is 3.71. The summed E-state index contributed by atoms with van der Waals surface area (Å²) in [6.07, 6.45) is 0.912. The molecular weight excluding hydrogens is 243 g/mol. The fourth-order valence-electron chi connectivity index (χ4n) is 1.39. The van der Waals surface area contributed by atoms with Crippen molar-refractivity contribution in [1.29, 1.82) is 0 Å². The lowest BCUT2D eigenvalue weighted by molar-refractivity contribution is 0.579. The van der Waals surface area contributed by atoms with E-state index in [0.717, 1.165) is 5.56 Å². The van der Waals surface area contributed by atoms with Gasteiger partial charge >= 0.3 is 0 Å². The van der Waals surface area contributed by atoms with Crippen LogP contribution in [0.5, 0.6) is 0 Å². The summed E-state index contributed by atoms with van der Waals surface area (Å²) in [4.78, 5) is 0. The molecule has 0 saturated heterocycles. The average molecular weight is 260 g/mol. The number of nitrogens with two attached hydrogens (primary N) is 1. The third-order valence-electron chi connectivity index (χ3n) is 2.24. The zero-order valence-corrected chi connectivity index (χ0v) is 10.3. The Balaban J connectivity index is 2.37. The SMILES string of the molecule is NCCCS(=O)(=O)NCCc1cccc(F)c1. The Morgan fingerprint density at radius 2 is 2.12 bits per heavy atom. The van der Waals surface area contributed by atoms with Crippen molar-refractivity contribution in [1.82, 2.24) is 4.72 Å². The van der Waals surface area contributed by atoms with E-state index < -0.39 is 10.0 Å². The van der Waals surface area contributed by atoms with Gasteiger partial charge in [-0.25, -0.2) is 17.5 Å². The predicted molar refractivity (Wildman–Crippen MR) is 65.6 cm³/mol. The summed E-state index contributed by atoms with van der Waals surface area (Å²) in [7, 11) is -3.25. The normalized spacial score (nSPS) is 11.6. The Kier molecular flexibility index (Phi) is 5.54. The molecule has 0 aromatic heterocycles. The van der Waals surface area contributed by atoms with E-state index in [-0.39, 0.29) is 18.1 Å². The van der Waals surface area contributed by atoms with Gasteiger partial charge in [-0.05, 0) is 37.1 Å². The van der Waals surface area contributed by atoms with Crippen molar-refractivity contribution in [3.05, 3.63) is 35.6 Å². The minimum Gasteiger partial charge on any atom is -0.330 e. The Hall–Kier alpha value is -0.980. The van der Waals surface area contributed by atoms with Crippen molar-refractivity contribution >= 4 is 10.0 Å². The van der Waals surface area contributed by atoms with Crippen molar-refractivity contribution < 1.29 is 12.8 Å². The van der Waals surface area contributed by atoms with Crippen molar-refractivity contribution in [2.24, 2.45) is 5.73 Å². The molecule has 0 unspecified atom stereocenters. The highest BCUT2D eigenvalue weighted by atomic mass is 32.2. The van der Waals surface area contributed by atoms with Crippen molar-refractivity contribution in [3.63, 3.8) is 0 Å². The molecule has 4 nitrogen and oxygen atoms in total. The van der Waals surface area contributed by atoms with Crippen LogP contribution in [-0.2, 0) is 16.4 Å². The number of rotatable bonds is 7. The molecule has 17 heavy (non-hydrogen) atoms. The molecule has 1 aromatic rings. The number of halogens is 1. The van der Waals surface area contributed by atoms with Crippen LogP contribution in [0.1, 0.15) is 12.0 Å². The summed E-state index contributed by atoms with van der Waals surface area (Å²) in [5.74, 6) is -0.277. The molecule has 0 bridgehead atoms. The van der Waals surface area contributed by atoms with Crippen LogP contribution in [0.25, 0.3) is 0 Å². The van der Waals surface area contributed by atoms with Gasteiger partial charge in [-0.2, -0.15) is 0 Å². The van der Waals surface area contributed by atoms with Gasteiger partial charge in [-0.15, -0.1) is 0 Å². The molecule has 0 amide bonds. The standard InChI is InChI=1S/C11H17FN2O2S/c12-11-4-1-3-10(9-11)5-7-14-17(15,16)8-2-6-13/h1,3-4,9,14H,2,5-8,13H2. The highest BCUT2D eigenvalue weighted by Gasteiger charge is 2.08. The summed E-state index contributed by atoms with van der Waals surface area (Å²) in [5.41, 5.74) is 6.01. The second kappa shape index (κ2) is 6.68. The molecule has 1 rings (SSSR count). The van der Waals surface area contributed by atoms with E-state index in [1.807, 2.05) is 0 Å². The van der Waals surface area contributed by atoms with Gasteiger partial charge in [-0.3, -0.25) is 0 Å². The van der Waals surface area contributed by atoms with E-state index in [0.29, 0.717) is 19.4 Å². The Morgan fingerprint density at radius 3 is 2.76 bits per heavy atom. The van der Waals surface area contributed by atoms with Crippen LogP contribution in [0.3, 0.4) is 0 Å². The molecule has 0 aliphatic heterocycles. The molecule has 0 aliphatic carbocycles. The van der Waals surface area contributed by atoms with Gasteiger partial charge < -0.3 is 5.73 Å². The van der Waals surface area contributed by atoms with Crippen molar-refractivity contribution in [2.45, 2.75) is 12.8 Å². The molecular formula is C11H17FN2O2S. The van der Waals surface area contributed by atoms with Gasteiger partial charge in [0.2, 0.25) is 10.0 Å². The van der Waals surface area contributed by atoms with Gasteiger partial charge in [0.1, 0.15) is 5.82 Å². The second-order valence-electron chi connectivity index (χ2n) is 3.74. The highest BCUT2D eigenvalue weighted by Crippen LogP contribution is 2.03. The maximum absolute atomic E-state index is 12.8. The van der Waals surface area contributed by atoms with Gasteiger partial charge in [0.05, 0.1) is 5.75 Å². The number of benzene rings is 1. The van der Waals surface area contributed by atoms with Crippen molar-refractivity contribution in [3.8, 4) is 0 Å².